The number of ketones is 2. The van der Waals surface area contributed by atoms with Gasteiger partial charge < -0.3 is 14.9 Å². The van der Waals surface area contributed by atoms with Crippen molar-refractivity contribution in [2.75, 3.05) is 6.61 Å². The number of fused-ring (bicyclic) bond motifs is 5. The maximum atomic E-state index is 15.4. The lowest BCUT2D eigenvalue weighted by Crippen LogP contribution is -2.58. The van der Waals surface area contributed by atoms with Gasteiger partial charge in [0.25, 0.3) is 0 Å². The zero-order chi connectivity index (χ0) is 25.7. The van der Waals surface area contributed by atoms with Crippen LogP contribution >= 0.6 is 0 Å². The molecule has 0 bridgehead atoms. The van der Waals surface area contributed by atoms with E-state index in [1.807, 2.05) is 20.8 Å². The summed E-state index contributed by atoms with van der Waals surface area (Å²) in [4.78, 5) is 47.8. The molecule has 0 aromatic heterocycles. The average molecular weight is 491 g/mol. The van der Waals surface area contributed by atoms with Crippen molar-refractivity contribution in [2.45, 2.75) is 71.6 Å². The van der Waals surface area contributed by atoms with Crippen molar-refractivity contribution in [1.29, 1.82) is 0 Å². The minimum Gasteiger partial charge on any atom is -0.481 e. The monoisotopic (exact) mass is 490 g/mol. The van der Waals surface area contributed by atoms with Crippen LogP contribution in [0.15, 0.2) is 23.8 Å². The Morgan fingerprint density at radius 2 is 1.91 bits per heavy atom. The summed E-state index contributed by atoms with van der Waals surface area (Å²) in [6.45, 7) is 5.51. The maximum Gasteiger partial charge on any atom is 0.306 e. The molecule has 2 N–H and O–H groups in total. The lowest BCUT2D eigenvalue weighted by atomic mass is 9.46. The molecule has 3 fully saturated rings. The average Bonchev–Trinajstić information content (AvgIpc) is 3.02. The number of aliphatic hydroxyl groups is 1. The second-order valence-corrected chi connectivity index (χ2v) is 11.5. The summed E-state index contributed by atoms with van der Waals surface area (Å²) >= 11 is 0. The third kappa shape index (κ3) is 4.39. The van der Waals surface area contributed by atoms with Gasteiger partial charge in [-0.15, -0.1) is 0 Å². The van der Waals surface area contributed by atoms with Gasteiger partial charge in [0.2, 0.25) is 0 Å². The zero-order valence-electron chi connectivity index (χ0n) is 20.5. The first-order valence-electron chi connectivity index (χ1n) is 12.6. The molecule has 4 rings (SSSR count). The van der Waals surface area contributed by atoms with E-state index < -0.39 is 41.0 Å². The van der Waals surface area contributed by atoms with Gasteiger partial charge in [0.1, 0.15) is 12.8 Å². The maximum absolute atomic E-state index is 15.4. The smallest absolute Gasteiger partial charge is 0.306 e. The topological polar surface area (TPSA) is 118 Å². The summed E-state index contributed by atoms with van der Waals surface area (Å²) in [5.41, 5.74) is -0.853. The van der Waals surface area contributed by atoms with Crippen molar-refractivity contribution in [3.05, 3.63) is 23.8 Å². The van der Waals surface area contributed by atoms with Crippen LogP contribution < -0.4 is 0 Å². The number of carbonyl (C=O) groups is 4. The number of hydrogen-bond acceptors (Lipinski definition) is 6. The molecule has 4 aliphatic carbocycles. The van der Waals surface area contributed by atoms with Gasteiger partial charge in [-0.3, -0.25) is 19.2 Å². The lowest BCUT2D eigenvalue weighted by Gasteiger charge is -2.59. The van der Waals surface area contributed by atoms with Crippen LogP contribution in [-0.2, 0) is 23.9 Å². The molecule has 3 saturated carbocycles. The molecular formula is C27H35FO7. The largest absolute Gasteiger partial charge is 0.481 e. The van der Waals surface area contributed by atoms with Gasteiger partial charge in [0.15, 0.2) is 11.6 Å². The highest BCUT2D eigenvalue weighted by Crippen LogP contribution is 2.67. The highest BCUT2D eigenvalue weighted by atomic mass is 19.1. The summed E-state index contributed by atoms with van der Waals surface area (Å²) < 4.78 is 20.6. The van der Waals surface area contributed by atoms with Crippen molar-refractivity contribution in [3.63, 3.8) is 0 Å². The Bertz CT molecular complexity index is 986. The zero-order valence-corrected chi connectivity index (χ0v) is 20.5. The van der Waals surface area contributed by atoms with Crippen molar-refractivity contribution >= 4 is 23.5 Å². The Morgan fingerprint density at radius 3 is 2.60 bits per heavy atom. The quantitative estimate of drug-likeness (QED) is 0.525. The number of hydrogen-bond donors (Lipinski definition) is 2. The molecule has 0 aliphatic heterocycles. The van der Waals surface area contributed by atoms with Crippen LogP contribution in [0, 0.1) is 40.4 Å². The van der Waals surface area contributed by atoms with Gasteiger partial charge in [0, 0.05) is 30.1 Å². The van der Waals surface area contributed by atoms with Gasteiger partial charge in [-0.25, -0.2) is 4.39 Å². The van der Waals surface area contributed by atoms with Gasteiger partial charge >= 0.3 is 11.9 Å². The first-order chi connectivity index (χ1) is 16.4. The normalized spacial score (nSPS) is 41.9. The Hall–Kier alpha value is -2.35. The molecule has 3 unspecified atom stereocenters. The predicted molar refractivity (Wildman–Crippen MR) is 124 cm³/mol. The number of allylic oxidation sites excluding steroid dienone is 4. The van der Waals surface area contributed by atoms with E-state index in [-0.39, 0.29) is 67.5 Å². The number of aliphatic hydroxyl groups excluding tert-OH is 1. The molecule has 8 heteroatoms. The first-order valence-corrected chi connectivity index (χ1v) is 12.6. The van der Waals surface area contributed by atoms with Crippen LogP contribution in [0.5, 0.6) is 0 Å². The Balaban J connectivity index is 1.51. The Kier molecular flexibility index (Phi) is 6.81. The van der Waals surface area contributed by atoms with Gasteiger partial charge in [-0.1, -0.05) is 26.8 Å². The van der Waals surface area contributed by atoms with E-state index in [4.69, 9.17) is 9.84 Å². The number of carboxylic acid groups (broad SMARTS) is 1. The number of Topliss-reactive ketones (excluding diaryl/α,β-unsaturated/α-hetero) is 1. The van der Waals surface area contributed by atoms with Crippen LogP contribution in [0.1, 0.15) is 59.3 Å². The highest BCUT2D eigenvalue weighted by Gasteiger charge is 2.65. The fourth-order valence-electron chi connectivity index (χ4n) is 8.09. The highest BCUT2D eigenvalue weighted by molar-refractivity contribution is 6.01. The molecule has 0 saturated heterocycles. The van der Waals surface area contributed by atoms with E-state index in [0.29, 0.717) is 12.0 Å². The van der Waals surface area contributed by atoms with E-state index in [9.17, 15) is 24.3 Å². The van der Waals surface area contributed by atoms with Gasteiger partial charge in [-0.05, 0) is 66.6 Å². The minimum absolute atomic E-state index is 0.0135. The molecule has 0 radical (unpaired) electrons. The van der Waals surface area contributed by atoms with Crippen molar-refractivity contribution in [3.8, 4) is 0 Å². The third-order valence-corrected chi connectivity index (χ3v) is 9.31. The second kappa shape index (κ2) is 9.26. The molecule has 4 aliphatic rings. The summed E-state index contributed by atoms with van der Waals surface area (Å²) in [6, 6.07) is 0. The van der Waals surface area contributed by atoms with Crippen LogP contribution in [0.2, 0.25) is 0 Å². The lowest BCUT2D eigenvalue weighted by molar-refractivity contribution is -0.155. The molecular weight excluding hydrogens is 455 g/mol. The second-order valence-electron chi connectivity index (χ2n) is 11.5. The van der Waals surface area contributed by atoms with Gasteiger partial charge in [0.05, 0.1) is 6.10 Å². The minimum atomic E-state index is -1.28. The third-order valence-electron chi connectivity index (χ3n) is 9.31. The SMILES string of the molecule is C[C@@H]1CC2C3C[C@H](F)C4=CC(=O)C=C[C@]4(C)C3[C@@H](O)C[C@]2(C)[C@H]1C(=O)COC(=O)CCCC(=O)O. The fourth-order valence-corrected chi connectivity index (χ4v) is 8.09. The fraction of sp³-hybridized carbons (Fsp3) is 0.704. The van der Waals surface area contributed by atoms with Crippen molar-refractivity contribution < 1.29 is 38.5 Å². The molecule has 9 atom stereocenters. The van der Waals surface area contributed by atoms with Gasteiger partial charge in [-0.2, -0.15) is 0 Å². The van der Waals surface area contributed by atoms with E-state index in [2.05, 4.69) is 0 Å². The molecule has 7 nitrogen and oxygen atoms in total. The molecule has 0 aromatic carbocycles. The van der Waals surface area contributed by atoms with E-state index in [0.717, 1.165) is 6.42 Å². The summed E-state index contributed by atoms with van der Waals surface area (Å²) in [5, 5.41) is 20.1. The molecule has 0 spiro atoms. The van der Waals surface area contributed by atoms with Crippen LogP contribution in [0.4, 0.5) is 4.39 Å². The summed E-state index contributed by atoms with van der Waals surface area (Å²) in [5.74, 6) is -2.83. The number of rotatable bonds is 7. The molecule has 192 valence electrons. The van der Waals surface area contributed by atoms with E-state index >= 15 is 4.39 Å². The number of carbonyl (C=O) groups excluding carboxylic acids is 3. The summed E-state index contributed by atoms with van der Waals surface area (Å²) in [7, 11) is 0. The van der Waals surface area contributed by atoms with Crippen molar-refractivity contribution in [1.82, 2.24) is 0 Å². The predicted octanol–water partition coefficient (Wildman–Crippen LogP) is 3.44. The Morgan fingerprint density at radius 1 is 1.20 bits per heavy atom. The number of aliphatic carboxylic acids is 1. The van der Waals surface area contributed by atoms with E-state index in [1.54, 1.807) is 6.08 Å². The van der Waals surface area contributed by atoms with Crippen LogP contribution in [-0.4, -0.2) is 52.6 Å². The standard InChI is InChI=1S/C27H35FO7/c1-14-9-17-16-11-19(28)18-10-15(29)7-8-26(18,2)25(16)20(30)12-27(17,3)24(14)21(31)13-35-23(34)6-4-5-22(32)33/h7-8,10,14,16-17,19-20,24-25,30H,4-6,9,11-13H2,1-3H3,(H,32,33)/t14-,16?,17?,19+,20+,24-,25?,26+,27+/m1/s1. The van der Waals surface area contributed by atoms with Crippen LogP contribution in [0.3, 0.4) is 0 Å². The summed E-state index contributed by atoms with van der Waals surface area (Å²) in [6.07, 6.45) is 3.83. The first kappa shape index (κ1) is 25.7. The number of alkyl halides is 1. The number of halogens is 1. The van der Waals surface area contributed by atoms with E-state index in [1.165, 1.54) is 12.2 Å². The molecule has 0 heterocycles. The molecule has 0 aromatic rings. The number of carboxylic acids is 1. The number of esters is 1. The molecule has 0 amide bonds. The number of ether oxygens (including phenoxy) is 1. The van der Waals surface area contributed by atoms with Crippen LogP contribution in [0.25, 0.3) is 0 Å². The van der Waals surface area contributed by atoms with Crippen molar-refractivity contribution in [2.24, 2.45) is 40.4 Å². The Labute approximate surface area is 204 Å². The molecule has 35 heavy (non-hydrogen) atoms.